The number of aromatic carboxylic acids is 1. The van der Waals surface area contributed by atoms with Crippen molar-refractivity contribution in [3.8, 4) is 0 Å². The maximum atomic E-state index is 12.4. The van der Waals surface area contributed by atoms with E-state index in [0.29, 0.717) is 3.57 Å². The first-order chi connectivity index (χ1) is 6.43. The predicted octanol–water partition coefficient (Wildman–Crippen LogP) is 1.90. The Kier molecular flexibility index (Phi) is 3.19. The minimum absolute atomic E-state index is 0.0626. The van der Waals surface area contributed by atoms with Gasteiger partial charge in [0.1, 0.15) is 5.82 Å². The second-order valence-electron chi connectivity index (χ2n) is 2.40. The molecule has 4 nitrogen and oxygen atoms in total. The fourth-order valence-corrected chi connectivity index (χ4v) is 1.31. The first-order valence-corrected chi connectivity index (χ1v) is 4.48. The van der Waals surface area contributed by atoms with E-state index < -0.39 is 23.7 Å². The molecule has 14 heavy (non-hydrogen) atoms. The lowest BCUT2D eigenvalue weighted by atomic mass is 10.2. The van der Waals surface area contributed by atoms with Crippen LogP contribution < -0.4 is 5.73 Å². The molecule has 0 bridgehead atoms. The topological polar surface area (TPSA) is 76.2 Å². The van der Waals surface area contributed by atoms with Crippen LogP contribution in [0, 0.1) is 3.57 Å². The Morgan fingerprint density at radius 2 is 2.21 bits per heavy atom. The van der Waals surface area contributed by atoms with Crippen molar-refractivity contribution < 1.29 is 18.7 Å². The average molecular weight is 314 g/mol. The van der Waals surface area contributed by atoms with Gasteiger partial charge < -0.3 is 10.8 Å². The summed E-state index contributed by atoms with van der Waals surface area (Å²) in [6, 6.07) is 1.02. The summed E-state index contributed by atoms with van der Waals surface area (Å²) >= 11 is 1.71. The summed E-state index contributed by atoms with van der Waals surface area (Å²) in [5.41, 5.74) is 3.99. The molecular weight excluding hydrogens is 309 g/mol. The van der Waals surface area contributed by atoms with Crippen LogP contribution in [0.4, 0.5) is 14.6 Å². The molecule has 0 saturated carbocycles. The third kappa shape index (κ3) is 2.08. The van der Waals surface area contributed by atoms with Gasteiger partial charge in [-0.1, -0.05) is 0 Å². The Morgan fingerprint density at radius 3 is 2.64 bits per heavy atom. The van der Waals surface area contributed by atoms with Gasteiger partial charge in [-0.2, -0.15) is 0 Å². The largest absolute Gasteiger partial charge is 0.476 e. The Bertz CT molecular complexity index is 384. The highest BCUT2D eigenvalue weighted by molar-refractivity contribution is 14.1. The lowest BCUT2D eigenvalue weighted by molar-refractivity contribution is 0.0677. The van der Waals surface area contributed by atoms with E-state index in [4.69, 9.17) is 10.8 Å². The Hall–Kier alpha value is -0.990. The second kappa shape index (κ2) is 4.03. The number of alkyl halides is 2. The smallest absolute Gasteiger partial charge is 0.355 e. The molecule has 0 amide bonds. The highest BCUT2D eigenvalue weighted by Gasteiger charge is 2.21. The van der Waals surface area contributed by atoms with Crippen molar-refractivity contribution in [2.75, 3.05) is 5.73 Å². The molecule has 7 heteroatoms. The molecule has 0 aliphatic heterocycles. The number of carbonyl (C=O) groups is 1. The molecule has 0 aliphatic carbocycles. The predicted molar refractivity (Wildman–Crippen MR) is 53.3 cm³/mol. The number of hydrogen-bond donors (Lipinski definition) is 2. The first-order valence-electron chi connectivity index (χ1n) is 3.41. The summed E-state index contributed by atoms with van der Waals surface area (Å²) in [6.45, 7) is 0. The van der Waals surface area contributed by atoms with Crippen molar-refractivity contribution in [1.82, 2.24) is 4.98 Å². The fourth-order valence-electron chi connectivity index (χ4n) is 0.855. The van der Waals surface area contributed by atoms with Crippen LogP contribution in [-0.2, 0) is 0 Å². The summed E-state index contributed by atoms with van der Waals surface area (Å²) in [5, 5.41) is 8.58. The van der Waals surface area contributed by atoms with Crippen molar-refractivity contribution in [3.05, 3.63) is 20.9 Å². The maximum absolute atomic E-state index is 12.4. The average Bonchev–Trinajstić information content (AvgIpc) is 2.08. The van der Waals surface area contributed by atoms with Crippen LogP contribution in [0.25, 0.3) is 0 Å². The van der Waals surface area contributed by atoms with Gasteiger partial charge >= 0.3 is 5.97 Å². The molecule has 0 radical (unpaired) electrons. The number of nitrogen functional groups attached to an aromatic ring is 1. The van der Waals surface area contributed by atoms with E-state index in [0.717, 1.165) is 6.07 Å². The molecule has 0 unspecified atom stereocenters. The van der Waals surface area contributed by atoms with Crippen molar-refractivity contribution in [2.45, 2.75) is 6.43 Å². The van der Waals surface area contributed by atoms with Crippen molar-refractivity contribution in [3.63, 3.8) is 0 Å². The molecule has 3 N–H and O–H groups in total. The molecule has 0 fully saturated rings. The van der Waals surface area contributed by atoms with Crippen LogP contribution in [0.1, 0.15) is 22.5 Å². The first kappa shape index (κ1) is 11.1. The minimum Gasteiger partial charge on any atom is -0.476 e. The number of pyridine rings is 1. The van der Waals surface area contributed by atoms with E-state index in [9.17, 15) is 13.6 Å². The molecule has 1 aromatic rings. The third-order valence-corrected chi connectivity index (χ3v) is 2.33. The lowest BCUT2D eigenvalue weighted by Crippen LogP contribution is -2.09. The number of carboxylic acids is 1. The normalized spacial score (nSPS) is 10.6. The van der Waals surface area contributed by atoms with Crippen LogP contribution >= 0.6 is 22.6 Å². The maximum Gasteiger partial charge on any atom is 0.355 e. The summed E-state index contributed by atoms with van der Waals surface area (Å²) in [5.74, 6) is -1.57. The van der Waals surface area contributed by atoms with Crippen molar-refractivity contribution in [2.24, 2.45) is 0 Å². The van der Waals surface area contributed by atoms with Gasteiger partial charge in [-0.05, 0) is 28.7 Å². The Morgan fingerprint density at radius 1 is 1.64 bits per heavy atom. The van der Waals surface area contributed by atoms with E-state index in [1.54, 1.807) is 22.6 Å². The van der Waals surface area contributed by atoms with Gasteiger partial charge in [0.2, 0.25) is 0 Å². The highest BCUT2D eigenvalue weighted by atomic mass is 127. The quantitative estimate of drug-likeness (QED) is 0.818. The zero-order valence-corrected chi connectivity index (χ0v) is 8.83. The molecule has 76 valence electrons. The molecule has 1 heterocycles. The van der Waals surface area contributed by atoms with E-state index in [2.05, 4.69) is 4.98 Å². The molecule has 0 aromatic carbocycles. The summed E-state index contributed by atoms with van der Waals surface area (Å²) in [6.07, 6.45) is -2.87. The zero-order chi connectivity index (χ0) is 10.9. The van der Waals surface area contributed by atoms with Gasteiger partial charge in [0.05, 0.1) is 9.13 Å². The molecule has 0 atom stereocenters. The monoisotopic (exact) mass is 314 g/mol. The Labute approximate surface area is 91.3 Å². The summed E-state index contributed by atoms with van der Waals surface area (Å²) in [7, 11) is 0. The van der Waals surface area contributed by atoms with Gasteiger partial charge in [0.15, 0.2) is 5.69 Å². The number of aromatic nitrogens is 1. The molecule has 1 aromatic heterocycles. The van der Waals surface area contributed by atoms with Gasteiger partial charge in [0, 0.05) is 0 Å². The number of hydrogen-bond acceptors (Lipinski definition) is 3. The van der Waals surface area contributed by atoms with Gasteiger partial charge in [-0.25, -0.2) is 18.6 Å². The summed E-state index contributed by atoms with van der Waals surface area (Å²) < 4.78 is 25.0. The van der Waals surface area contributed by atoms with Crippen LogP contribution in [-0.4, -0.2) is 16.1 Å². The van der Waals surface area contributed by atoms with E-state index in [1.807, 2.05) is 0 Å². The highest BCUT2D eigenvalue weighted by Crippen LogP contribution is 2.25. The fraction of sp³-hybridized carbons (Fsp3) is 0.143. The Balaban J connectivity index is 3.39. The lowest BCUT2D eigenvalue weighted by Gasteiger charge is -2.06. The molecule has 1 rings (SSSR count). The molecule has 0 saturated heterocycles. The SMILES string of the molecule is Nc1nc(C(=O)O)c(C(F)F)cc1I. The number of nitrogens with two attached hydrogens (primary N) is 1. The van der Waals surface area contributed by atoms with Crippen LogP contribution in [0.2, 0.25) is 0 Å². The number of nitrogens with zero attached hydrogens (tertiary/aromatic N) is 1. The second-order valence-corrected chi connectivity index (χ2v) is 3.56. The van der Waals surface area contributed by atoms with E-state index in [1.165, 1.54) is 0 Å². The van der Waals surface area contributed by atoms with Gasteiger partial charge in [-0.3, -0.25) is 0 Å². The van der Waals surface area contributed by atoms with Gasteiger partial charge in [0.25, 0.3) is 6.43 Å². The third-order valence-electron chi connectivity index (χ3n) is 1.47. The molecular formula is C7H5F2IN2O2. The van der Waals surface area contributed by atoms with Crippen molar-refractivity contribution in [1.29, 1.82) is 0 Å². The van der Waals surface area contributed by atoms with E-state index >= 15 is 0 Å². The number of halogens is 3. The van der Waals surface area contributed by atoms with Crippen LogP contribution in [0.3, 0.4) is 0 Å². The zero-order valence-electron chi connectivity index (χ0n) is 6.67. The van der Waals surface area contributed by atoms with Crippen LogP contribution in [0.15, 0.2) is 6.07 Å². The number of anilines is 1. The molecule has 0 spiro atoms. The number of rotatable bonds is 2. The minimum atomic E-state index is -2.87. The van der Waals surface area contributed by atoms with Crippen molar-refractivity contribution >= 4 is 34.4 Å². The summed E-state index contributed by atoms with van der Waals surface area (Å²) in [4.78, 5) is 13.9. The standard InChI is InChI=1S/C7H5F2IN2O2/c8-5(9)2-1-3(10)6(11)12-4(2)7(13)14/h1,5H,(H2,11,12)(H,13,14). The molecule has 0 aliphatic rings. The van der Waals surface area contributed by atoms with Crippen LogP contribution in [0.5, 0.6) is 0 Å². The number of carboxylic acid groups (broad SMARTS) is 1. The van der Waals surface area contributed by atoms with Gasteiger partial charge in [-0.15, -0.1) is 0 Å². The van der Waals surface area contributed by atoms with E-state index in [-0.39, 0.29) is 5.82 Å².